The number of piperazine rings is 1. The highest BCUT2D eigenvalue weighted by atomic mass is 32.1. The monoisotopic (exact) mass is 314 g/mol. The number of hydrogen-bond acceptors (Lipinski definition) is 3. The standard InChI is InChI=1S/C18H22N2OS/c21-18(15-16-5-2-1-3-6-16)20-12-10-19(11-13-20)9-8-17-7-4-14-22-17/h1-7,14H,8-13,15H2. The van der Waals surface area contributed by atoms with Crippen molar-refractivity contribution in [1.82, 2.24) is 9.80 Å². The number of carbonyl (C=O) groups is 1. The van der Waals surface area contributed by atoms with Gasteiger partial charge in [-0.25, -0.2) is 0 Å². The van der Waals surface area contributed by atoms with Crippen molar-refractivity contribution in [2.75, 3.05) is 32.7 Å². The van der Waals surface area contributed by atoms with Crippen LogP contribution >= 0.6 is 11.3 Å². The van der Waals surface area contributed by atoms with Gasteiger partial charge in [0.2, 0.25) is 5.91 Å². The first-order chi connectivity index (χ1) is 10.8. The first kappa shape index (κ1) is 15.3. The quantitative estimate of drug-likeness (QED) is 0.847. The molecule has 2 heterocycles. The lowest BCUT2D eigenvalue weighted by molar-refractivity contribution is -0.132. The maximum absolute atomic E-state index is 12.3. The number of thiophene rings is 1. The fourth-order valence-electron chi connectivity index (χ4n) is 2.83. The molecule has 3 rings (SSSR count). The SMILES string of the molecule is O=C(Cc1ccccc1)N1CCN(CCc2cccs2)CC1. The summed E-state index contributed by atoms with van der Waals surface area (Å²) in [4.78, 5) is 18.2. The van der Waals surface area contributed by atoms with Gasteiger partial charge in [0.25, 0.3) is 0 Å². The predicted molar refractivity (Wildman–Crippen MR) is 91.2 cm³/mol. The van der Waals surface area contributed by atoms with Crippen molar-refractivity contribution in [3.8, 4) is 0 Å². The van der Waals surface area contributed by atoms with Crippen molar-refractivity contribution < 1.29 is 4.79 Å². The minimum Gasteiger partial charge on any atom is -0.340 e. The van der Waals surface area contributed by atoms with E-state index >= 15 is 0 Å². The smallest absolute Gasteiger partial charge is 0.227 e. The largest absolute Gasteiger partial charge is 0.340 e. The Bertz CT molecular complexity index is 574. The van der Waals surface area contributed by atoms with E-state index in [9.17, 15) is 4.79 Å². The first-order valence-corrected chi connectivity index (χ1v) is 8.76. The summed E-state index contributed by atoms with van der Waals surface area (Å²) in [6.45, 7) is 4.80. The fraction of sp³-hybridized carbons (Fsp3) is 0.389. The van der Waals surface area contributed by atoms with Crippen LogP contribution in [0.2, 0.25) is 0 Å². The summed E-state index contributed by atoms with van der Waals surface area (Å²) < 4.78 is 0. The maximum Gasteiger partial charge on any atom is 0.227 e. The summed E-state index contributed by atoms with van der Waals surface area (Å²) in [7, 11) is 0. The predicted octanol–water partition coefficient (Wildman–Crippen LogP) is 2.68. The van der Waals surface area contributed by atoms with Crippen LogP contribution < -0.4 is 0 Å². The minimum absolute atomic E-state index is 0.254. The molecule has 22 heavy (non-hydrogen) atoms. The highest BCUT2D eigenvalue weighted by Crippen LogP contribution is 2.11. The number of carbonyl (C=O) groups excluding carboxylic acids is 1. The number of rotatable bonds is 5. The van der Waals surface area contributed by atoms with Gasteiger partial charge in [-0.3, -0.25) is 9.69 Å². The zero-order chi connectivity index (χ0) is 15.2. The average Bonchev–Trinajstić information content (AvgIpc) is 3.08. The third-order valence-corrected chi connectivity index (χ3v) is 5.11. The van der Waals surface area contributed by atoms with E-state index in [-0.39, 0.29) is 5.91 Å². The lowest BCUT2D eigenvalue weighted by atomic mass is 10.1. The summed E-state index contributed by atoms with van der Waals surface area (Å²) >= 11 is 1.83. The molecule has 4 heteroatoms. The van der Waals surface area contributed by atoms with Gasteiger partial charge < -0.3 is 4.90 Å². The second-order valence-electron chi connectivity index (χ2n) is 5.71. The van der Waals surface area contributed by atoms with Crippen LogP contribution in [0.1, 0.15) is 10.4 Å². The van der Waals surface area contributed by atoms with Crippen LogP contribution in [0.25, 0.3) is 0 Å². The van der Waals surface area contributed by atoms with E-state index < -0.39 is 0 Å². The zero-order valence-corrected chi connectivity index (χ0v) is 13.6. The molecule has 0 atom stereocenters. The van der Waals surface area contributed by atoms with Crippen molar-refractivity contribution in [2.45, 2.75) is 12.8 Å². The zero-order valence-electron chi connectivity index (χ0n) is 12.8. The van der Waals surface area contributed by atoms with Crippen LogP contribution in [0.5, 0.6) is 0 Å². The van der Waals surface area contributed by atoms with Gasteiger partial charge in [-0.1, -0.05) is 36.4 Å². The lowest BCUT2D eigenvalue weighted by Gasteiger charge is -2.34. The molecule has 1 aliphatic heterocycles. The number of nitrogens with zero attached hydrogens (tertiary/aromatic N) is 2. The maximum atomic E-state index is 12.3. The molecule has 1 saturated heterocycles. The van der Waals surface area contributed by atoms with Crippen LogP contribution in [0.4, 0.5) is 0 Å². The summed E-state index contributed by atoms with van der Waals surface area (Å²) in [6.07, 6.45) is 1.64. The Hall–Kier alpha value is -1.65. The van der Waals surface area contributed by atoms with E-state index in [1.54, 1.807) is 0 Å². The van der Waals surface area contributed by atoms with Gasteiger partial charge in [-0.05, 0) is 23.4 Å². The third-order valence-electron chi connectivity index (χ3n) is 4.18. The average molecular weight is 314 g/mol. The van der Waals surface area contributed by atoms with E-state index in [1.807, 2.05) is 46.6 Å². The summed E-state index contributed by atoms with van der Waals surface area (Å²) in [5.74, 6) is 0.254. The van der Waals surface area contributed by atoms with Crippen molar-refractivity contribution in [3.05, 3.63) is 58.3 Å². The van der Waals surface area contributed by atoms with Crippen LogP contribution in [0.3, 0.4) is 0 Å². The molecule has 116 valence electrons. The summed E-state index contributed by atoms with van der Waals surface area (Å²) in [5.41, 5.74) is 1.10. The molecule has 0 N–H and O–H groups in total. The topological polar surface area (TPSA) is 23.6 Å². The van der Waals surface area contributed by atoms with E-state index in [1.165, 1.54) is 4.88 Å². The van der Waals surface area contributed by atoms with Gasteiger partial charge in [-0.15, -0.1) is 11.3 Å². The molecular formula is C18H22N2OS. The van der Waals surface area contributed by atoms with Gasteiger partial charge in [0.1, 0.15) is 0 Å². The lowest BCUT2D eigenvalue weighted by Crippen LogP contribution is -2.49. The Labute approximate surface area is 136 Å². The normalized spacial score (nSPS) is 15.9. The van der Waals surface area contributed by atoms with Crippen molar-refractivity contribution in [2.24, 2.45) is 0 Å². The van der Waals surface area contributed by atoms with E-state index in [0.717, 1.165) is 44.7 Å². The summed E-state index contributed by atoms with van der Waals surface area (Å²) in [5, 5.41) is 2.13. The Morgan fingerprint density at radius 2 is 1.77 bits per heavy atom. The third kappa shape index (κ3) is 4.18. The molecule has 1 aliphatic rings. The Balaban J connectivity index is 1.42. The molecule has 0 aliphatic carbocycles. The Morgan fingerprint density at radius 1 is 1.00 bits per heavy atom. The molecule has 3 nitrogen and oxygen atoms in total. The van der Waals surface area contributed by atoms with Crippen LogP contribution in [0, 0.1) is 0 Å². The van der Waals surface area contributed by atoms with Gasteiger partial charge >= 0.3 is 0 Å². The molecule has 2 aromatic rings. The number of benzene rings is 1. The molecular weight excluding hydrogens is 292 g/mol. The highest BCUT2D eigenvalue weighted by Gasteiger charge is 2.20. The molecule has 0 radical (unpaired) electrons. The van der Waals surface area contributed by atoms with Gasteiger partial charge in [0.15, 0.2) is 0 Å². The fourth-order valence-corrected chi connectivity index (χ4v) is 3.52. The molecule has 1 aromatic carbocycles. The van der Waals surface area contributed by atoms with Crippen molar-refractivity contribution >= 4 is 17.2 Å². The van der Waals surface area contributed by atoms with Crippen molar-refractivity contribution in [1.29, 1.82) is 0 Å². The minimum atomic E-state index is 0.254. The van der Waals surface area contributed by atoms with Crippen molar-refractivity contribution in [3.63, 3.8) is 0 Å². The number of amides is 1. The van der Waals surface area contributed by atoms with E-state index in [4.69, 9.17) is 0 Å². The summed E-state index contributed by atoms with van der Waals surface area (Å²) in [6, 6.07) is 14.3. The molecule has 0 bridgehead atoms. The molecule has 0 spiro atoms. The van der Waals surface area contributed by atoms with Crippen LogP contribution in [0.15, 0.2) is 47.8 Å². The van der Waals surface area contributed by atoms with Gasteiger partial charge in [-0.2, -0.15) is 0 Å². The van der Waals surface area contributed by atoms with Gasteiger partial charge in [0.05, 0.1) is 6.42 Å². The molecule has 1 fully saturated rings. The van der Waals surface area contributed by atoms with E-state index in [2.05, 4.69) is 22.4 Å². The van der Waals surface area contributed by atoms with E-state index in [0.29, 0.717) is 6.42 Å². The second-order valence-corrected chi connectivity index (χ2v) is 6.75. The molecule has 0 unspecified atom stereocenters. The second kappa shape index (κ2) is 7.56. The highest BCUT2D eigenvalue weighted by molar-refractivity contribution is 7.09. The Morgan fingerprint density at radius 3 is 2.45 bits per heavy atom. The molecule has 1 amide bonds. The molecule has 1 aromatic heterocycles. The first-order valence-electron chi connectivity index (χ1n) is 7.88. The van der Waals surface area contributed by atoms with Gasteiger partial charge in [0, 0.05) is 37.6 Å². The number of hydrogen-bond donors (Lipinski definition) is 0. The molecule has 0 saturated carbocycles. The van der Waals surface area contributed by atoms with Crippen LogP contribution in [-0.2, 0) is 17.6 Å². The van der Waals surface area contributed by atoms with Crippen LogP contribution in [-0.4, -0.2) is 48.4 Å². The Kier molecular flexibility index (Phi) is 5.24.